The molecule has 1 unspecified atom stereocenters. The van der Waals surface area contributed by atoms with Crippen LogP contribution in [0.5, 0.6) is 0 Å². The van der Waals surface area contributed by atoms with Gasteiger partial charge in [0, 0.05) is 6.42 Å². The molecule has 1 aromatic carbocycles. The number of rotatable bonds is 6. The van der Waals surface area contributed by atoms with Gasteiger partial charge in [0.25, 0.3) is 0 Å². The quantitative estimate of drug-likeness (QED) is 0.853. The molecule has 5 heteroatoms. The molecule has 104 valence electrons. The summed E-state index contributed by atoms with van der Waals surface area (Å²) >= 11 is 1.60. The topological polar surface area (TPSA) is 72.2 Å². The Balaban J connectivity index is 1.95. The average molecular weight is 288 g/mol. The van der Waals surface area contributed by atoms with Crippen molar-refractivity contribution in [3.05, 3.63) is 58.3 Å². The van der Waals surface area contributed by atoms with Crippen molar-refractivity contribution in [3.8, 4) is 0 Å². The number of benzene rings is 1. The zero-order chi connectivity index (χ0) is 14.4. The van der Waals surface area contributed by atoms with E-state index in [1.165, 1.54) is 0 Å². The lowest BCUT2D eigenvalue weighted by molar-refractivity contribution is -0.127. The monoisotopic (exact) mass is 288 g/mol. The molecule has 2 rings (SSSR count). The number of primary amides is 1. The van der Waals surface area contributed by atoms with E-state index < -0.39 is 11.9 Å². The van der Waals surface area contributed by atoms with Crippen LogP contribution in [0, 0.1) is 0 Å². The highest BCUT2D eigenvalue weighted by Gasteiger charge is 2.19. The maximum atomic E-state index is 11.9. The maximum absolute atomic E-state index is 11.9. The summed E-state index contributed by atoms with van der Waals surface area (Å²) in [5, 5.41) is 6.67. The second kappa shape index (κ2) is 6.86. The Bertz CT molecular complexity index is 567. The molecule has 0 saturated heterocycles. The van der Waals surface area contributed by atoms with E-state index in [9.17, 15) is 9.59 Å². The van der Waals surface area contributed by atoms with Gasteiger partial charge in [-0.2, -0.15) is 11.3 Å². The molecule has 0 bridgehead atoms. The third-order valence-electron chi connectivity index (χ3n) is 2.94. The predicted octanol–water partition coefficient (Wildman–Crippen LogP) is 2.02. The fraction of sp³-hybridized carbons (Fsp3) is 0.200. The minimum atomic E-state index is -0.772. The fourth-order valence-electron chi connectivity index (χ4n) is 1.89. The summed E-state index contributed by atoms with van der Waals surface area (Å²) in [7, 11) is 0. The van der Waals surface area contributed by atoms with Gasteiger partial charge in [0.05, 0.1) is 0 Å². The van der Waals surface area contributed by atoms with Gasteiger partial charge in [-0.25, -0.2) is 0 Å². The van der Waals surface area contributed by atoms with Crippen LogP contribution in [0.2, 0.25) is 0 Å². The first kappa shape index (κ1) is 14.3. The molecule has 0 radical (unpaired) electrons. The molecule has 0 aliphatic heterocycles. The van der Waals surface area contributed by atoms with Crippen LogP contribution in [0.1, 0.15) is 23.6 Å². The molecule has 2 aromatic rings. The Labute approximate surface area is 121 Å². The number of thiophene rings is 1. The predicted molar refractivity (Wildman–Crippen MR) is 79.2 cm³/mol. The van der Waals surface area contributed by atoms with Crippen LogP contribution < -0.4 is 11.1 Å². The molecule has 0 aliphatic rings. The molecular weight excluding hydrogens is 272 g/mol. The lowest BCUT2D eigenvalue weighted by Gasteiger charge is -2.15. The summed E-state index contributed by atoms with van der Waals surface area (Å²) in [6.45, 7) is 0. The lowest BCUT2D eigenvalue weighted by atomic mass is 10.1. The van der Waals surface area contributed by atoms with Crippen LogP contribution in [0.15, 0.2) is 47.2 Å². The summed E-state index contributed by atoms with van der Waals surface area (Å²) in [6.07, 6.45) is 1.00. The molecule has 20 heavy (non-hydrogen) atoms. The van der Waals surface area contributed by atoms with Gasteiger partial charge in [-0.1, -0.05) is 30.3 Å². The molecule has 4 nitrogen and oxygen atoms in total. The van der Waals surface area contributed by atoms with Gasteiger partial charge in [0.1, 0.15) is 6.04 Å². The zero-order valence-corrected chi connectivity index (χ0v) is 11.7. The van der Waals surface area contributed by atoms with Crippen molar-refractivity contribution in [2.45, 2.75) is 18.9 Å². The van der Waals surface area contributed by atoms with Gasteiger partial charge in [-0.3, -0.25) is 9.59 Å². The van der Waals surface area contributed by atoms with Crippen molar-refractivity contribution >= 4 is 23.2 Å². The molecule has 2 amide bonds. The molecule has 0 aliphatic carbocycles. The first-order valence-electron chi connectivity index (χ1n) is 6.31. The van der Waals surface area contributed by atoms with E-state index in [0.717, 1.165) is 5.56 Å². The van der Waals surface area contributed by atoms with Gasteiger partial charge in [-0.15, -0.1) is 0 Å². The Kier molecular flexibility index (Phi) is 4.90. The first-order chi connectivity index (χ1) is 9.66. The highest BCUT2D eigenvalue weighted by molar-refractivity contribution is 7.07. The highest BCUT2D eigenvalue weighted by atomic mass is 32.1. The standard InChI is InChI=1S/C15H16N2O2S/c16-15(19)14(12-4-2-1-3-5-12)17-13(18)7-6-11-8-9-20-10-11/h1-5,8-10,14H,6-7H2,(H2,16,19)(H,17,18). The van der Waals surface area contributed by atoms with E-state index in [2.05, 4.69) is 5.32 Å². The number of hydrogen-bond donors (Lipinski definition) is 2. The minimum absolute atomic E-state index is 0.177. The van der Waals surface area contributed by atoms with Crippen molar-refractivity contribution in [2.75, 3.05) is 0 Å². The first-order valence-corrected chi connectivity index (χ1v) is 7.26. The van der Waals surface area contributed by atoms with E-state index >= 15 is 0 Å². The van der Waals surface area contributed by atoms with Gasteiger partial charge in [0.2, 0.25) is 11.8 Å². The van der Waals surface area contributed by atoms with Gasteiger partial charge in [0.15, 0.2) is 0 Å². The molecule has 1 heterocycles. The molecule has 0 fully saturated rings. The smallest absolute Gasteiger partial charge is 0.244 e. The summed E-state index contributed by atoms with van der Waals surface area (Å²) in [5.41, 5.74) is 7.18. The Morgan fingerprint density at radius 3 is 2.55 bits per heavy atom. The Morgan fingerprint density at radius 1 is 1.20 bits per heavy atom. The second-order valence-corrected chi connectivity index (χ2v) is 5.23. The SMILES string of the molecule is NC(=O)C(NC(=O)CCc1ccsc1)c1ccccc1. The number of amides is 2. The molecule has 1 aromatic heterocycles. The van der Waals surface area contributed by atoms with Gasteiger partial charge < -0.3 is 11.1 Å². The Morgan fingerprint density at radius 2 is 1.95 bits per heavy atom. The van der Waals surface area contributed by atoms with Crippen LogP contribution in [-0.4, -0.2) is 11.8 Å². The van der Waals surface area contributed by atoms with Crippen LogP contribution >= 0.6 is 11.3 Å². The number of carbonyl (C=O) groups is 2. The summed E-state index contributed by atoms with van der Waals surface area (Å²) in [4.78, 5) is 23.4. The molecular formula is C15H16N2O2S. The van der Waals surface area contributed by atoms with E-state index in [1.807, 2.05) is 35.0 Å². The third-order valence-corrected chi connectivity index (χ3v) is 3.68. The van der Waals surface area contributed by atoms with Gasteiger partial charge >= 0.3 is 0 Å². The highest BCUT2D eigenvalue weighted by Crippen LogP contribution is 2.13. The van der Waals surface area contributed by atoms with E-state index in [1.54, 1.807) is 23.5 Å². The number of nitrogens with one attached hydrogen (secondary N) is 1. The van der Waals surface area contributed by atoms with Crippen LogP contribution in [0.3, 0.4) is 0 Å². The van der Waals surface area contributed by atoms with Crippen molar-refractivity contribution in [1.82, 2.24) is 5.32 Å². The number of carbonyl (C=O) groups excluding carboxylic acids is 2. The summed E-state index contributed by atoms with van der Waals surface area (Å²) < 4.78 is 0. The van der Waals surface area contributed by atoms with E-state index in [4.69, 9.17) is 5.73 Å². The van der Waals surface area contributed by atoms with Crippen molar-refractivity contribution in [1.29, 1.82) is 0 Å². The second-order valence-electron chi connectivity index (χ2n) is 4.45. The number of nitrogens with two attached hydrogens (primary N) is 1. The van der Waals surface area contributed by atoms with Crippen LogP contribution in [-0.2, 0) is 16.0 Å². The van der Waals surface area contributed by atoms with Gasteiger partial charge in [-0.05, 0) is 34.4 Å². The maximum Gasteiger partial charge on any atom is 0.244 e. The van der Waals surface area contributed by atoms with Crippen molar-refractivity contribution in [2.24, 2.45) is 5.73 Å². The lowest BCUT2D eigenvalue weighted by Crippen LogP contribution is -2.37. The molecule has 0 saturated carbocycles. The summed E-state index contributed by atoms with van der Waals surface area (Å²) in [5.74, 6) is -0.732. The van der Waals surface area contributed by atoms with E-state index in [0.29, 0.717) is 18.4 Å². The fourth-order valence-corrected chi connectivity index (χ4v) is 2.59. The average Bonchev–Trinajstić information content (AvgIpc) is 2.96. The number of hydrogen-bond acceptors (Lipinski definition) is 3. The number of aryl methyl sites for hydroxylation is 1. The van der Waals surface area contributed by atoms with Crippen LogP contribution in [0.4, 0.5) is 0 Å². The normalized spacial score (nSPS) is 11.8. The third kappa shape index (κ3) is 3.93. The van der Waals surface area contributed by atoms with Crippen molar-refractivity contribution in [3.63, 3.8) is 0 Å². The van der Waals surface area contributed by atoms with E-state index in [-0.39, 0.29) is 5.91 Å². The molecule has 0 spiro atoms. The largest absolute Gasteiger partial charge is 0.368 e. The zero-order valence-electron chi connectivity index (χ0n) is 10.9. The Hall–Kier alpha value is -2.14. The van der Waals surface area contributed by atoms with Crippen molar-refractivity contribution < 1.29 is 9.59 Å². The minimum Gasteiger partial charge on any atom is -0.368 e. The molecule has 1 atom stereocenters. The summed E-state index contributed by atoms with van der Waals surface area (Å²) in [6, 6.07) is 10.2. The molecule has 3 N–H and O–H groups in total. The van der Waals surface area contributed by atoms with Crippen LogP contribution in [0.25, 0.3) is 0 Å².